The lowest BCUT2D eigenvalue weighted by Gasteiger charge is -2.47. The number of Topliss-reactive ketones (excluding diaryl/α,β-unsaturated/α-hetero) is 2. The highest BCUT2D eigenvalue weighted by Gasteiger charge is 2.75. The lowest BCUT2D eigenvalue weighted by Crippen LogP contribution is -2.59. The molecule has 0 aromatic heterocycles. The third kappa shape index (κ3) is 3.36. The standard InChI is InChI=1S/C24H34F3NO3/c1-22(2)17-13-14-23(22,19(29)18(17)20(30)24(25,26)27)21(31)28(15-9-5-3-6-10-15)16-11-7-4-8-12-16/h15-18H,3-14H2,1-2H3/t17-,18+,23-/m0/s1. The number of carbonyl (C=O) groups is 3. The minimum atomic E-state index is -5.06. The van der Waals surface area contributed by atoms with Crippen LogP contribution in [0.15, 0.2) is 0 Å². The molecule has 0 aliphatic heterocycles. The van der Waals surface area contributed by atoms with E-state index in [9.17, 15) is 27.6 Å². The number of amides is 1. The van der Waals surface area contributed by atoms with Crippen molar-refractivity contribution < 1.29 is 27.6 Å². The molecule has 0 unspecified atom stereocenters. The average Bonchev–Trinajstić information content (AvgIpc) is 3.09. The van der Waals surface area contributed by atoms with Crippen LogP contribution in [0.3, 0.4) is 0 Å². The van der Waals surface area contributed by atoms with Crippen LogP contribution in [-0.4, -0.2) is 40.6 Å². The first kappa shape index (κ1) is 22.8. The SMILES string of the molecule is CC1(C)[C@H]2CC[C@@]1(C(=O)N(C1CCCCC1)C1CCCCC1)C(=O)[C@@H]2C(=O)C(F)(F)F. The molecule has 4 saturated carbocycles. The van der Waals surface area contributed by atoms with E-state index >= 15 is 0 Å². The molecule has 4 fully saturated rings. The van der Waals surface area contributed by atoms with Crippen molar-refractivity contribution in [3.8, 4) is 0 Å². The molecule has 0 aromatic carbocycles. The Morgan fingerprint density at radius 2 is 1.35 bits per heavy atom. The number of ketones is 2. The lowest BCUT2D eigenvalue weighted by atomic mass is 9.67. The molecule has 31 heavy (non-hydrogen) atoms. The molecule has 0 aromatic rings. The zero-order valence-electron chi connectivity index (χ0n) is 18.6. The van der Waals surface area contributed by atoms with Crippen LogP contribution in [0, 0.1) is 22.7 Å². The van der Waals surface area contributed by atoms with Crippen LogP contribution in [0.2, 0.25) is 0 Å². The van der Waals surface area contributed by atoms with Gasteiger partial charge in [-0.2, -0.15) is 13.2 Å². The second-order valence-corrected chi connectivity index (χ2v) is 10.8. The Balaban J connectivity index is 1.73. The summed E-state index contributed by atoms with van der Waals surface area (Å²) in [5.74, 6) is -5.46. The van der Waals surface area contributed by atoms with Crippen molar-refractivity contribution in [2.24, 2.45) is 22.7 Å². The van der Waals surface area contributed by atoms with Crippen molar-refractivity contribution in [1.29, 1.82) is 0 Å². The largest absolute Gasteiger partial charge is 0.450 e. The zero-order valence-corrected chi connectivity index (χ0v) is 18.6. The summed E-state index contributed by atoms with van der Waals surface area (Å²) in [6, 6.07) is 0.109. The highest BCUT2D eigenvalue weighted by atomic mass is 19.4. The van der Waals surface area contributed by atoms with Crippen molar-refractivity contribution in [2.45, 2.75) is 109 Å². The van der Waals surface area contributed by atoms with Crippen molar-refractivity contribution in [1.82, 2.24) is 4.90 Å². The summed E-state index contributed by atoms with van der Waals surface area (Å²) in [5, 5.41) is 0. The van der Waals surface area contributed by atoms with Crippen LogP contribution in [0.5, 0.6) is 0 Å². The molecule has 0 radical (unpaired) electrons. The maximum absolute atomic E-state index is 14.3. The van der Waals surface area contributed by atoms with E-state index in [1.165, 1.54) is 0 Å². The number of alkyl halides is 3. The van der Waals surface area contributed by atoms with Crippen molar-refractivity contribution in [2.75, 3.05) is 0 Å². The fraction of sp³-hybridized carbons (Fsp3) is 0.875. The predicted octanol–water partition coefficient (Wildman–Crippen LogP) is 5.23. The molecule has 4 aliphatic rings. The van der Waals surface area contributed by atoms with Crippen molar-refractivity contribution in [3.63, 3.8) is 0 Å². The molecule has 174 valence electrons. The summed E-state index contributed by atoms with van der Waals surface area (Å²) in [5.41, 5.74) is -2.45. The van der Waals surface area contributed by atoms with Gasteiger partial charge >= 0.3 is 6.18 Å². The van der Waals surface area contributed by atoms with Gasteiger partial charge in [-0.15, -0.1) is 0 Å². The number of halogens is 3. The Morgan fingerprint density at radius 3 is 1.81 bits per heavy atom. The van der Waals surface area contributed by atoms with Crippen LogP contribution < -0.4 is 0 Å². The third-order valence-corrected chi connectivity index (χ3v) is 9.06. The minimum Gasteiger partial charge on any atom is -0.336 e. The Bertz CT molecular complexity index is 732. The van der Waals surface area contributed by atoms with Gasteiger partial charge in [-0.1, -0.05) is 52.4 Å². The van der Waals surface area contributed by atoms with Crippen molar-refractivity contribution in [3.05, 3.63) is 0 Å². The van der Waals surface area contributed by atoms with E-state index < -0.39 is 40.4 Å². The molecule has 2 bridgehead atoms. The average molecular weight is 442 g/mol. The molecular formula is C24H34F3NO3. The van der Waals surface area contributed by atoms with E-state index in [0.29, 0.717) is 6.42 Å². The number of carbonyl (C=O) groups excluding carboxylic acids is 3. The summed E-state index contributed by atoms with van der Waals surface area (Å²) in [4.78, 5) is 42.0. The summed E-state index contributed by atoms with van der Waals surface area (Å²) >= 11 is 0. The van der Waals surface area contributed by atoms with Gasteiger partial charge in [0, 0.05) is 12.1 Å². The molecule has 0 saturated heterocycles. The van der Waals surface area contributed by atoms with E-state index in [1.54, 1.807) is 13.8 Å². The fourth-order valence-electron chi connectivity index (χ4n) is 7.38. The monoisotopic (exact) mass is 441 g/mol. The molecule has 0 heterocycles. The Morgan fingerprint density at radius 1 is 0.871 bits per heavy atom. The van der Waals surface area contributed by atoms with Gasteiger partial charge in [-0.25, -0.2) is 0 Å². The number of hydrogen-bond acceptors (Lipinski definition) is 3. The van der Waals surface area contributed by atoms with Crippen LogP contribution in [0.25, 0.3) is 0 Å². The topological polar surface area (TPSA) is 54.5 Å². The number of hydrogen-bond donors (Lipinski definition) is 0. The van der Waals surface area contributed by atoms with Gasteiger partial charge in [-0.3, -0.25) is 14.4 Å². The van der Waals surface area contributed by atoms with Crippen LogP contribution in [0.1, 0.15) is 90.9 Å². The second-order valence-electron chi connectivity index (χ2n) is 10.8. The van der Waals surface area contributed by atoms with Crippen LogP contribution in [0.4, 0.5) is 13.2 Å². The Kier molecular flexibility index (Phi) is 5.79. The first-order valence-corrected chi connectivity index (χ1v) is 12.0. The van der Waals surface area contributed by atoms with Crippen LogP contribution >= 0.6 is 0 Å². The Hall–Kier alpha value is -1.40. The summed E-state index contributed by atoms with van der Waals surface area (Å²) in [6.07, 6.45) is 5.47. The molecule has 0 spiro atoms. The molecule has 7 heteroatoms. The molecular weight excluding hydrogens is 407 g/mol. The highest BCUT2D eigenvalue weighted by Crippen LogP contribution is 2.67. The maximum Gasteiger partial charge on any atom is 0.450 e. The molecule has 0 N–H and O–H groups in total. The van der Waals surface area contributed by atoms with E-state index in [-0.39, 0.29) is 24.4 Å². The van der Waals surface area contributed by atoms with Gasteiger partial charge in [0.05, 0.1) is 5.92 Å². The van der Waals surface area contributed by atoms with E-state index in [1.807, 2.05) is 4.90 Å². The molecule has 3 atom stereocenters. The number of rotatable bonds is 4. The minimum absolute atomic E-state index is 0.0544. The number of nitrogens with zero attached hydrogens (tertiary/aromatic N) is 1. The maximum atomic E-state index is 14.3. The summed E-state index contributed by atoms with van der Waals surface area (Å²) in [6.45, 7) is 3.48. The zero-order chi connectivity index (χ0) is 22.6. The molecule has 4 aliphatic carbocycles. The van der Waals surface area contributed by atoms with Gasteiger partial charge in [-0.05, 0) is 49.9 Å². The van der Waals surface area contributed by atoms with E-state index in [2.05, 4.69) is 0 Å². The first-order chi connectivity index (χ1) is 14.5. The van der Waals surface area contributed by atoms with E-state index in [0.717, 1.165) is 64.2 Å². The van der Waals surface area contributed by atoms with Crippen molar-refractivity contribution >= 4 is 17.5 Å². The smallest absolute Gasteiger partial charge is 0.336 e. The lowest BCUT2D eigenvalue weighted by molar-refractivity contribution is -0.179. The van der Waals surface area contributed by atoms with Gasteiger partial charge in [0.2, 0.25) is 11.7 Å². The Labute approximate surface area is 182 Å². The first-order valence-electron chi connectivity index (χ1n) is 12.0. The van der Waals surface area contributed by atoms with Gasteiger partial charge in [0.1, 0.15) is 5.41 Å². The van der Waals surface area contributed by atoms with E-state index in [4.69, 9.17) is 0 Å². The molecule has 1 amide bonds. The van der Waals surface area contributed by atoms with Gasteiger partial charge < -0.3 is 4.90 Å². The second kappa shape index (κ2) is 7.87. The third-order valence-electron chi connectivity index (χ3n) is 9.06. The molecule has 4 nitrogen and oxygen atoms in total. The van der Waals surface area contributed by atoms with Gasteiger partial charge in [0.15, 0.2) is 5.78 Å². The van der Waals surface area contributed by atoms with Crippen LogP contribution in [-0.2, 0) is 14.4 Å². The normalized spacial score (nSPS) is 34.2. The highest BCUT2D eigenvalue weighted by molar-refractivity contribution is 6.18. The number of fused-ring (bicyclic) bond motifs is 2. The quantitative estimate of drug-likeness (QED) is 0.561. The summed E-state index contributed by atoms with van der Waals surface area (Å²) < 4.78 is 40.0. The predicted molar refractivity (Wildman–Crippen MR) is 109 cm³/mol. The van der Waals surface area contributed by atoms with Gasteiger partial charge in [0.25, 0.3) is 0 Å². The molecule has 4 rings (SSSR count). The fourth-order valence-corrected chi connectivity index (χ4v) is 7.38. The summed E-state index contributed by atoms with van der Waals surface area (Å²) in [7, 11) is 0.